The Morgan fingerprint density at radius 2 is 1.71 bits per heavy atom. The highest BCUT2D eigenvalue weighted by molar-refractivity contribution is 5.26. The standard InChI is InChI=1S/C9H10F3NO/c10-9(11,12)8(13)5-6-1-3-7(14)4-2-6/h1-4,8,14H,5,13H2. The van der Waals surface area contributed by atoms with Crippen molar-refractivity contribution >= 4 is 0 Å². The van der Waals surface area contributed by atoms with Gasteiger partial charge in [0.25, 0.3) is 0 Å². The van der Waals surface area contributed by atoms with Crippen molar-refractivity contribution in [3.05, 3.63) is 29.8 Å². The van der Waals surface area contributed by atoms with E-state index in [1.807, 2.05) is 0 Å². The summed E-state index contributed by atoms with van der Waals surface area (Å²) in [6, 6.07) is 3.64. The summed E-state index contributed by atoms with van der Waals surface area (Å²) < 4.78 is 36.1. The van der Waals surface area contributed by atoms with Gasteiger partial charge >= 0.3 is 6.18 Å². The Morgan fingerprint density at radius 3 is 2.14 bits per heavy atom. The Morgan fingerprint density at radius 1 is 1.21 bits per heavy atom. The monoisotopic (exact) mass is 205 g/mol. The highest BCUT2D eigenvalue weighted by atomic mass is 19.4. The molecule has 14 heavy (non-hydrogen) atoms. The van der Waals surface area contributed by atoms with Crippen LogP contribution in [0, 0.1) is 0 Å². The Bertz CT molecular complexity index is 294. The van der Waals surface area contributed by atoms with E-state index in [2.05, 4.69) is 0 Å². The molecular formula is C9H10F3NO. The molecule has 0 aliphatic carbocycles. The predicted molar refractivity (Wildman–Crippen MR) is 45.8 cm³/mol. The Hall–Kier alpha value is -1.23. The van der Waals surface area contributed by atoms with E-state index in [0.717, 1.165) is 0 Å². The smallest absolute Gasteiger partial charge is 0.403 e. The minimum absolute atomic E-state index is 0.0225. The van der Waals surface area contributed by atoms with Gasteiger partial charge in [0.1, 0.15) is 11.8 Å². The number of rotatable bonds is 2. The van der Waals surface area contributed by atoms with Gasteiger partial charge in [-0.3, -0.25) is 0 Å². The van der Waals surface area contributed by atoms with Crippen molar-refractivity contribution in [2.24, 2.45) is 5.73 Å². The fourth-order valence-corrected chi connectivity index (χ4v) is 1.00. The van der Waals surface area contributed by atoms with Crippen LogP contribution in [0.2, 0.25) is 0 Å². The van der Waals surface area contributed by atoms with Gasteiger partial charge in [-0.1, -0.05) is 12.1 Å². The Balaban J connectivity index is 2.65. The third kappa shape index (κ3) is 2.92. The number of benzene rings is 1. The largest absolute Gasteiger partial charge is 0.508 e. The van der Waals surface area contributed by atoms with Crippen LogP contribution in [-0.4, -0.2) is 17.3 Å². The van der Waals surface area contributed by atoms with Gasteiger partial charge in [0.15, 0.2) is 0 Å². The van der Waals surface area contributed by atoms with E-state index in [4.69, 9.17) is 10.8 Å². The molecule has 0 aromatic heterocycles. The molecule has 1 rings (SSSR count). The zero-order valence-corrected chi connectivity index (χ0v) is 7.25. The number of phenols is 1. The molecule has 0 bridgehead atoms. The van der Waals surface area contributed by atoms with Crippen LogP contribution in [0.3, 0.4) is 0 Å². The van der Waals surface area contributed by atoms with Gasteiger partial charge in [0, 0.05) is 0 Å². The molecule has 1 aromatic carbocycles. The van der Waals surface area contributed by atoms with Gasteiger partial charge in [-0.2, -0.15) is 13.2 Å². The summed E-state index contributed by atoms with van der Waals surface area (Å²) in [5.41, 5.74) is 5.38. The first-order valence-corrected chi connectivity index (χ1v) is 4.00. The van der Waals surface area contributed by atoms with Crippen molar-refractivity contribution in [1.29, 1.82) is 0 Å². The van der Waals surface area contributed by atoms with Crippen LogP contribution in [-0.2, 0) is 6.42 Å². The number of aromatic hydroxyl groups is 1. The lowest BCUT2D eigenvalue weighted by Gasteiger charge is -2.15. The zero-order chi connectivity index (χ0) is 10.8. The highest BCUT2D eigenvalue weighted by Crippen LogP contribution is 2.22. The maximum atomic E-state index is 12.0. The fourth-order valence-electron chi connectivity index (χ4n) is 1.00. The molecule has 1 aromatic rings. The molecule has 3 N–H and O–H groups in total. The molecule has 5 heteroatoms. The van der Waals surface area contributed by atoms with Crippen molar-refractivity contribution < 1.29 is 18.3 Å². The van der Waals surface area contributed by atoms with Crippen molar-refractivity contribution in [3.63, 3.8) is 0 Å². The quantitative estimate of drug-likeness (QED) is 0.773. The SMILES string of the molecule is NC(Cc1ccc(O)cc1)C(F)(F)F. The molecule has 0 amide bonds. The van der Waals surface area contributed by atoms with E-state index in [1.54, 1.807) is 0 Å². The molecule has 2 nitrogen and oxygen atoms in total. The van der Waals surface area contributed by atoms with Crippen LogP contribution in [0.1, 0.15) is 5.56 Å². The first-order valence-electron chi connectivity index (χ1n) is 4.00. The maximum absolute atomic E-state index is 12.0. The summed E-state index contributed by atoms with van der Waals surface area (Å²) in [5, 5.41) is 8.90. The lowest BCUT2D eigenvalue weighted by molar-refractivity contribution is -0.147. The first kappa shape index (κ1) is 10.8. The second-order valence-corrected chi connectivity index (χ2v) is 3.02. The fraction of sp³-hybridized carbons (Fsp3) is 0.333. The number of phenolic OH excluding ortho intramolecular Hbond substituents is 1. The normalized spacial score (nSPS) is 14.0. The van der Waals surface area contributed by atoms with Gasteiger partial charge in [0.2, 0.25) is 0 Å². The first-order chi connectivity index (χ1) is 6.39. The van der Waals surface area contributed by atoms with Crippen LogP contribution >= 0.6 is 0 Å². The summed E-state index contributed by atoms with van der Waals surface area (Å²) in [4.78, 5) is 0. The third-order valence-electron chi connectivity index (χ3n) is 1.81. The summed E-state index contributed by atoms with van der Waals surface area (Å²) in [5.74, 6) is 0.0225. The third-order valence-corrected chi connectivity index (χ3v) is 1.81. The Kier molecular flexibility index (Phi) is 3.00. The van der Waals surface area contributed by atoms with Crippen LogP contribution in [0.15, 0.2) is 24.3 Å². The van der Waals surface area contributed by atoms with E-state index < -0.39 is 12.2 Å². The molecule has 1 unspecified atom stereocenters. The number of nitrogens with two attached hydrogens (primary N) is 1. The van der Waals surface area contributed by atoms with Crippen LogP contribution in [0.5, 0.6) is 5.75 Å². The van der Waals surface area contributed by atoms with Gasteiger partial charge in [-0.25, -0.2) is 0 Å². The molecule has 78 valence electrons. The highest BCUT2D eigenvalue weighted by Gasteiger charge is 2.36. The molecule has 0 aliphatic heterocycles. The average Bonchev–Trinajstić information content (AvgIpc) is 2.07. The van der Waals surface area contributed by atoms with E-state index in [0.29, 0.717) is 5.56 Å². The van der Waals surface area contributed by atoms with E-state index in [-0.39, 0.29) is 12.2 Å². The zero-order valence-electron chi connectivity index (χ0n) is 7.25. The second kappa shape index (κ2) is 3.88. The summed E-state index contributed by atoms with van der Waals surface area (Å²) in [6.07, 6.45) is -4.65. The molecule has 0 fully saturated rings. The number of halogens is 3. The second-order valence-electron chi connectivity index (χ2n) is 3.02. The van der Waals surface area contributed by atoms with Gasteiger partial charge in [-0.05, 0) is 24.1 Å². The lowest BCUT2D eigenvalue weighted by Crippen LogP contribution is -2.39. The number of hydrogen-bond acceptors (Lipinski definition) is 2. The van der Waals surface area contributed by atoms with Crippen LogP contribution in [0.4, 0.5) is 13.2 Å². The van der Waals surface area contributed by atoms with Crippen LogP contribution < -0.4 is 5.73 Å². The van der Waals surface area contributed by atoms with E-state index in [1.165, 1.54) is 24.3 Å². The van der Waals surface area contributed by atoms with E-state index >= 15 is 0 Å². The van der Waals surface area contributed by atoms with Crippen molar-refractivity contribution in [2.75, 3.05) is 0 Å². The lowest BCUT2D eigenvalue weighted by atomic mass is 10.1. The van der Waals surface area contributed by atoms with Crippen LogP contribution in [0.25, 0.3) is 0 Å². The van der Waals surface area contributed by atoms with Crippen molar-refractivity contribution in [3.8, 4) is 5.75 Å². The average molecular weight is 205 g/mol. The van der Waals surface area contributed by atoms with Gasteiger partial charge in [-0.15, -0.1) is 0 Å². The summed E-state index contributed by atoms with van der Waals surface area (Å²) in [7, 11) is 0. The summed E-state index contributed by atoms with van der Waals surface area (Å²) in [6.45, 7) is 0. The predicted octanol–water partition coefficient (Wildman–Crippen LogP) is 1.82. The van der Waals surface area contributed by atoms with Gasteiger partial charge in [0.05, 0.1) is 0 Å². The number of hydrogen-bond donors (Lipinski definition) is 2. The minimum Gasteiger partial charge on any atom is -0.508 e. The van der Waals surface area contributed by atoms with Crippen molar-refractivity contribution in [1.82, 2.24) is 0 Å². The molecular weight excluding hydrogens is 195 g/mol. The molecule has 0 spiro atoms. The summed E-state index contributed by atoms with van der Waals surface area (Å²) >= 11 is 0. The molecule has 0 saturated carbocycles. The number of alkyl halides is 3. The maximum Gasteiger partial charge on any atom is 0.403 e. The minimum atomic E-state index is -4.38. The molecule has 1 atom stereocenters. The molecule has 0 aliphatic rings. The van der Waals surface area contributed by atoms with Crippen molar-refractivity contribution in [2.45, 2.75) is 18.6 Å². The molecule has 0 heterocycles. The Labute approximate surface area is 79.2 Å². The molecule has 0 radical (unpaired) electrons. The van der Waals surface area contributed by atoms with E-state index in [9.17, 15) is 13.2 Å². The molecule has 0 saturated heterocycles. The topological polar surface area (TPSA) is 46.2 Å². The van der Waals surface area contributed by atoms with Gasteiger partial charge < -0.3 is 10.8 Å².